The first-order chi connectivity index (χ1) is 12.2. The number of likely N-dealkylation sites (tertiary alicyclic amines) is 1. The van der Waals surface area contributed by atoms with Crippen LogP contribution in [-0.2, 0) is 0 Å². The van der Waals surface area contributed by atoms with Gasteiger partial charge in [0.05, 0.1) is 16.9 Å². The van der Waals surface area contributed by atoms with Crippen LogP contribution in [0, 0.1) is 6.92 Å². The maximum absolute atomic E-state index is 13.0. The van der Waals surface area contributed by atoms with Gasteiger partial charge in [0.2, 0.25) is 0 Å². The number of rotatable bonds is 3. The lowest BCUT2D eigenvalue weighted by molar-refractivity contribution is 0.0773. The van der Waals surface area contributed by atoms with E-state index in [4.69, 9.17) is 0 Å². The van der Waals surface area contributed by atoms with Crippen molar-refractivity contribution in [1.82, 2.24) is 24.9 Å². The molecule has 2 fully saturated rings. The van der Waals surface area contributed by atoms with E-state index < -0.39 is 0 Å². The Bertz CT molecular complexity index is 742. The molecule has 0 radical (unpaired) electrons. The largest absolute Gasteiger partial charge is 0.337 e. The van der Waals surface area contributed by atoms with E-state index in [0.29, 0.717) is 11.6 Å². The van der Waals surface area contributed by atoms with Gasteiger partial charge in [0.25, 0.3) is 5.91 Å². The van der Waals surface area contributed by atoms with Crippen LogP contribution in [0.2, 0.25) is 0 Å². The predicted molar refractivity (Wildman–Crippen MR) is 104 cm³/mol. The van der Waals surface area contributed by atoms with Gasteiger partial charge in [-0.1, -0.05) is 18.2 Å². The number of carbonyl (C=O) groups excluding carboxylic acids is 1. The summed E-state index contributed by atoms with van der Waals surface area (Å²) in [6.45, 7) is 7.84. The summed E-state index contributed by atoms with van der Waals surface area (Å²) >= 11 is 0. The van der Waals surface area contributed by atoms with Gasteiger partial charge in [0, 0.05) is 51.5 Å². The first-order valence-corrected chi connectivity index (χ1v) is 9.08. The minimum Gasteiger partial charge on any atom is -0.337 e. The van der Waals surface area contributed by atoms with Crippen LogP contribution in [0.4, 0.5) is 0 Å². The average Bonchev–Trinajstić information content (AvgIpc) is 3.30. The number of para-hydroxylation sites is 1. The predicted octanol–water partition coefficient (Wildman–Crippen LogP) is 1.72. The number of aromatic nitrogens is 2. The molecule has 2 aliphatic heterocycles. The minimum absolute atomic E-state index is 0. The van der Waals surface area contributed by atoms with E-state index in [2.05, 4.69) is 15.3 Å². The van der Waals surface area contributed by atoms with Crippen LogP contribution in [0.5, 0.6) is 0 Å². The van der Waals surface area contributed by atoms with E-state index >= 15 is 0 Å². The molecule has 7 heteroatoms. The fraction of sp³-hybridized carbons (Fsp3) is 0.474. The minimum atomic E-state index is 0. The molecule has 2 aromatic rings. The Hall–Kier alpha value is -1.89. The Morgan fingerprint density at radius 3 is 2.62 bits per heavy atom. The lowest BCUT2D eigenvalue weighted by Gasteiger charge is -2.32. The van der Waals surface area contributed by atoms with E-state index in [1.165, 1.54) is 0 Å². The van der Waals surface area contributed by atoms with Crippen molar-refractivity contribution < 1.29 is 4.79 Å². The molecule has 2 saturated heterocycles. The molecule has 3 heterocycles. The monoisotopic (exact) mass is 375 g/mol. The van der Waals surface area contributed by atoms with E-state index in [0.717, 1.165) is 57.1 Å². The van der Waals surface area contributed by atoms with Crippen LogP contribution in [-0.4, -0.2) is 70.8 Å². The van der Waals surface area contributed by atoms with Gasteiger partial charge in [-0.15, -0.1) is 12.4 Å². The van der Waals surface area contributed by atoms with Crippen molar-refractivity contribution in [2.45, 2.75) is 19.4 Å². The van der Waals surface area contributed by atoms with Gasteiger partial charge < -0.3 is 10.2 Å². The molecule has 26 heavy (non-hydrogen) atoms. The number of carbonyl (C=O) groups is 1. The molecule has 0 spiro atoms. The molecular formula is C19H26ClN5O. The van der Waals surface area contributed by atoms with Gasteiger partial charge in [0.1, 0.15) is 0 Å². The summed E-state index contributed by atoms with van der Waals surface area (Å²) in [5, 5.41) is 7.92. The number of aryl methyl sites for hydroxylation is 1. The third kappa shape index (κ3) is 3.77. The number of halogens is 1. The lowest BCUT2D eigenvalue weighted by atomic mass is 10.2. The quantitative estimate of drug-likeness (QED) is 0.887. The molecule has 0 saturated carbocycles. The maximum Gasteiger partial charge on any atom is 0.257 e. The lowest BCUT2D eigenvalue weighted by Crippen LogP contribution is -2.49. The summed E-state index contributed by atoms with van der Waals surface area (Å²) in [5.41, 5.74) is 2.48. The van der Waals surface area contributed by atoms with Crippen LogP contribution in [0.25, 0.3) is 5.69 Å². The molecule has 0 aliphatic carbocycles. The fourth-order valence-corrected chi connectivity index (χ4v) is 3.82. The van der Waals surface area contributed by atoms with Crippen LogP contribution in [0.3, 0.4) is 0 Å². The molecule has 140 valence electrons. The highest BCUT2D eigenvalue weighted by atomic mass is 35.5. The topological polar surface area (TPSA) is 53.4 Å². The zero-order valence-electron chi connectivity index (χ0n) is 15.1. The third-order valence-electron chi connectivity index (χ3n) is 5.27. The number of hydrogen-bond donors (Lipinski definition) is 1. The molecule has 1 aromatic heterocycles. The highest BCUT2D eigenvalue weighted by Gasteiger charge is 2.32. The standard InChI is InChI=1S/C19H25N5O.ClH/c1-15-18(14-24(21-15)16-5-3-2-4-6-16)19(25)23-10-7-17(13-23)22-11-8-20-9-12-22;/h2-6,14,17,20H,7-13H2,1H3;1H. The highest BCUT2D eigenvalue weighted by molar-refractivity contribution is 5.95. The van der Waals surface area contributed by atoms with Crippen LogP contribution < -0.4 is 5.32 Å². The second-order valence-electron chi connectivity index (χ2n) is 6.89. The van der Waals surface area contributed by atoms with E-state index in [1.807, 2.05) is 48.4 Å². The summed E-state index contributed by atoms with van der Waals surface area (Å²) in [6, 6.07) is 10.4. The second kappa shape index (κ2) is 8.20. The van der Waals surface area contributed by atoms with E-state index in [1.54, 1.807) is 4.68 Å². The molecule has 4 rings (SSSR count). The van der Waals surface area contributed by atoms with E-state index in [9.17, 15) is 4.79 Å². The number of nitrogens with one attached hydrogen (secondary N) is 1. The summed E-state index contributed by atoms with van der Waals surface area (Å²) in [6.07, 6.45) is 2.93. The zero-order chi connectivity index (χ0) is 17.2. The second-order valence-corrected chi connectivity index (χ2v) is 6.89. The number of piperazine rings is 1. The molecule has 1 N–H and O–H groups in total. The average molecular weight is 376 g/mol. The van der Waals surface area contributed by atoms with Crippen LogP contribution >= 0.6 is 12.4 Å². The van der Waals surface area contributed by atoms with Crippen molar-refractivity contribution in [2.24, 2.45) is 0 Å². The van der Waals surface area contributed by atoms with Gasteiger partial charge in [-0.05, 0) is 25.5 Å². The number of nitrogens with zero attached hydrogens (tertiary/aromatic N) is 4. The first-order valence-electron chi connectivity index (χ1n) is 9.08. The summed E-state index contributed by atoms with van der Waals surface area (Å²) in [5.74, 6) is 0.109. The SMILES string of the molecule is Cc1nn(-c2ccccc2)cc1C(=O)N1CCC(N2CCNCC2)C1.Cl. The molecular weight excluding hydrogens is 350 g/mol. The summed E-state index contributed by atoms with van der Waals surface area (Å²) in [4.78, 5) is 17.5. The van der Waals surface area contributed by atoms with Crippen molar-refractivity contribution in [1.29, 1.82) is 0 Å². The van der Waals surface area contributed by atoms with Crippen molar-refractivity contribution in [3.05, 3.63) is 47.8 Å². The molecule has 1 aromatic carbocycles. The molecule has 2 aliphatic rings. The number of benzene rings is 1. The number of hydrogen-bond acceptors (Lipinski definition) is 4. The summed E-state index contributed by atoms with van der Waals surface area (Å²) < 4.78 is 1.80. The Morgan fingerprint density at radius 2 is 1.88 bits per heavy atom. The highest BCUT2D eigenvalue weighted by Crippen LogP contribution is 2.20. The van der Waals surface area contributed by atoms with Crippen LogP contribution in [0.1, 0.15) is 22.5 Å². The van der Waals surface area contributed by atoms with Gasteiger partial charge in [0.15, 0.2) is 0 Å². The Balaban J connectivity index is 0.00000196. The molecule has 1 amide bonds. The van der Waals surface area contributed by atoms with Crippen molar-refractivity contribution >= 4 is 18.3 Å². The van der Waals surface area contributed by atoms with Gasteiger partial charge >= 0.3 is 0 Å². The van der Waals surface area contributed by atoms with Gasteiger partial charge in [-0.25, -0.2) is 4.68 Å². The van der Waals surface area contributed by atoms with Crippen molar-refractivity contribution in [3.8, 4) is 5.69 Å². The van der Waals surface area contributed by atoms with Crippen molar-refractivity contribution in [3.63, 3.8) is 0 Å². The zero-order valence-corrected chi connectivity index (χ0v) is 15.9. The Labute approximate surface area is 160 Å². The third-order valence-corrected chi connectivity index (χ3v) is 5.27. The fourth-order valence-electron chi connectivity index (χ4n) is 3.82. The molecule has 1 unspecified atom stereocenters. The number of amides is 1. The normalized spacial score (nSPS) is 20.8. The van der Waals surface area contributed by atoms with Gasteiger partial charge in [-0.3, -0.25) is 9.69 Å². The Morgan fingerprint density at radius 1 is 1.15 bits per heavy atom. The maximum atomic E-state index is 13.0. The molecule has 1 atom stereocenters. The summed E-state index contributed by atoms with van der Waals surface area (Å²) in [7, 11) is 0. The molecule has 0 bridgehead atoms. The Kier molecular flexibility index (Phi) is 5.96. The van der Waals surface area contributed by atoms with Gasteiger partial charge in [-0.2, -0.15) is 5.10 Å². The smallest absolute Gasteiger partial charge is 0.257 e. The van der Waals surface area contributed by atoms with Crippen molar-refractivity contribution in [2.75, 3.05) is 39.3 Å². The molecule has 6 nitrogen and oxygen atoms in total. The van der Waals surface area contributed by atoms with Crippen LogP contribution in [0.15, 0.2) is 36.5 Å². The first kappa shape index (κ1) is 18.9. The van der Waals surface area contributed by atoms with E-state index in [-0.39, 0.29) is 18.3 Å².